The molecular formula is C20H28N6O. The van der Waals surface area contributed by atoms with Crippen molar-refractivity contribution in [3.63, 3.8) is 0 Å². The summed E-state index contributed by atoms with van der Waals surface area (Å²) in [6, 6.07) is 9.97. The Morgan fingerprint density at radius 3 is 2.48 bits per heavy atom. The predicted octanol–water partition coefficient (Wildman–Crippen LogP) is 2.42. The van der Waals surface area contributed by atoms with Crippen LogP contribution in [-0.2, 0) is 0 Å². The minimum absolute atomic E-state index is 0.171. The number of carbonyl (C=O) groups excluding carboxylic acids is 1. The highest BCUT2D eigenvalue weighted by molar-refractivity contribution is 5.92. The first-order valence-electron chi connectivity index (χ1n) is 9.49. The van der Waals surface area contributed by atoms with Crippen molar-refractivity contribution in [1.82, 2.24) is 20.2 Å². The zero-order chi connectivity index (χ0) is 19.2. The minimum Gasteiger partial charge on any atom is -0.369 e. The van der Waals surface area contributed by atoms with Crippen molar-refractivity contribution in [2.24, 2.45) is 0 Å². The van der Waals surface area contributed by atoms with E-state index in [0.29, 0.717) is 18.2 Å². The molecule has 2 N–H and O–H groups in total. The highest BCUT2D eigenvalue weighted by atomic mass is 16.1. The van der Waals surface area contributed by atoms with Crippen molar-refractivity contribution < 1.29 is 4.79 Å². The molecule has 144 valence electrons. The van der Waals surface area contributed by atoms with Gasteiger partial charge in [-0.1, -0.05) is 6.92 Å². The number of likely N-dealkylation sites (N-methyl/N-ethyl adjacent to an activating group) is 1. The van der Waals surface area contributed by atoms with Gasteiger partial charge in [-0.15, -0.1) is 0 Å². The van der Waals surface area contributed by atoms with Crippen LogP contribution in [0.4, 0.5) is 17.3 Å². The van der Waals surface area contributed by atoms with Gasteiger partial charge in [0.15, 0.2) is 0 Å². The molecule has 3 rings (SSSR count). The Labute approximate surface area is 160 Å². The number of hydrogen-bond donors (Lipinski definition) is 2. The van der Waals surface area contributed by atoms with E-state index in [0.717, 1.165) is 44.0 Å². The average molecular weight is 368 g/mol. The molecule has 1 saturated heterocycles. The highest BCUT2D eigenvalue weighted by Gasteiger charge is 2.14. The van der Waals surface area contributed by atoms with Crippen LogP contribution in [0.25, 0.3) is 0 Å². The molecule has 0 bridgehead atoms. The first-order valence-corrected chi connectivity index (χ1v) is 9.49. The first-order chi connectivity index (χ1) is 13.0. The number of anilines is 3. The molecule has 7 nitrogen and oxygen atoms in total. The quantitative estimate of drug-likeness (QED) is 0.816. The standard InChI is InChI=1S/C20H28N6O/c1-4-9-21-19(27)18-14-15(2)22-20(24-18)23-16-5-7-17(8-6-16)26-12-10-25(3)11-13-26/h5-8,14H,4,9-13H2,1-3H3,(H,21,27)(H,22,23,24). The second-order valence-corrected chi connectivity index (χ2v) is 6.94. The van der Waals surface area contributed by atoms with Crippen LogP contribution in [0.2, 0.25) is 0 Å². The Morgan fingerprint density at radius 1 is 1.11 bits per heavy atom. The van der Waals surface area contributed by atoms with Gasteiger partial charge in [0.25, 0.3) is 5.91 Å². The number of aromatic nitrogens is 2. The molecule has 1 aromatic carbocycles. The molecule has 0 spiro atoms. The molecule has 1 aromatic heterocycles. The molecule has 2 aromatic rings. The molecule has 7 heteroatoms. The van der Waals surface area contributed by atoms with Crippen LogP contribution >= 0.6 is 0 Å². The summed E-state index contributed by atoms with van der Waals surface area (Å²) in [6.45, 7) is 8.77. The van der Waals surface area contributed by atoms with E-state index in [1.54, 1.807) is 6.07 Å². The van der Waals surface area contributed by atoms with Crippen LogP contribution in [0.3, 0.4) is 0 Å². The fourth-order valence-electron chi connectivity index (χ4n) is 3.02. The van der Waals surface area contributed by atoms with Gasteiger partial charge in [-0.3, -0.25) is 4.79 Å². The molecule has 0 aliphatic carbocycles. The predicted molar refractivity (Wildman–Crippen MR) is 109 cm³/mol. The number of carbonyl (C=O) groups is 1. The zero-order valence-corrected chi connectivity index (χ0v) is 16.3. The Bertz CT molecular complexity index is 769. The van der Waals surface area contributed by atoms with Crippen molar-refractivity contribution in [3.05, 3.63) is 41.7 Å². The van der Waals surface area contributed by atoms with Crippen LogP contribution in [0, 0.1) is 6.92 Å². The number of aryl methyl sites for hydroxylation is 1. The lowest BCUT2D eigenvalue weighted by Gasteiger charge is -2.34. The number of benzene rings is 1. The molecule has 1 aliphatic rings. The third kappa shape index (κ3) is 5.17. The number of piperazine rings is 1. The molecule has 0 saturated carbocycles. The Hall–Kier alpha value is -2.67. The maximum absolute atomic E-state index is 12.2. The molecule has 27 heavy (non-hydrogen) atoms. The van der Waals surface area contributed by atoms with E-state index in [9.17, 15) is 4.79 Å². The third-order valence-corrected chi connectivity index (χ3v) is 4.61. The van der Waals surface area contributed by atoms with Gasteiger partial charge in [-0.2, -0.15) is 0 Å². The summed E-state index contributed by atoms with van der Waals surface area (Å²) in [5.74, 6) is 0.264. The average Bonchev–Trinajstić information content (AvgIpc) is 2.67. The topological polar surface area (TPSA) is 73.4 Å². The normalized spacial score (nSPS) is 14.9. The van der Waals surface area contributed by atoms with Gasteiger partial charge in [-0.05, 0) is 50.7 Å². The Morgan fingerprint density at radius 2 is 1.81 bits per heavy atom. The molecule has 1 amide bonds. The summed E-state index contributed by atoms with van der Waals surface area (Å²) in [6.07, 6.45) is 0.889. The van der Waals surface area contributed by atoms with Crippen LogP contribution in [0.15, 0.2) is 30.3 Å². The summed E-state index contributed by atoms with van der Waals surface area (Å²) in [5, 5.41) is 6.05. The van der Waals surface area contributed by atoms with Crippen LogP contribution < -0.4 is 15.5 Å². The van der Waals surface area contributed by atoms with E-state index >= 15 is 0 Å². The number of nitrogens with zero attached hydrogens (tertiary/aromatic N) is 4. The van der Waals surface area contributed by atoms with Gasteiger partial charge in [0.2, 0.25) is 5.95 Å². The largest absolute Gasteiger partial charge is 0.369 e. The molecule has 2 heterocycles. The van der Waals surface area contributed by atoms with Crippen molar-refractivity contribution in [2.75, 3.05) is 50.0 Å². The highest BCUT2D eigenvalue weighted by Crippen LogP contribution is 2.21. The van der Waals surface area contributed by atoms with Crippen LogP contribution in [-0.4, -0.2) is 60.5 Å². The molecule has 0 unspecified atom stereocenters. The lowest BCUT2D eigenvalue weighted by atomic mass is 10.2. The van der Waals surface area contributed by atoms with Crippen molar-refractivity contribution >= 4 is 23.2 Å². The monoisotopic (exact) mass is 368 g/mol. The van der Waals surface area contributed by atoms with Gasteiger partial charge in [-0.25, -0.2) is 9.97 Å². The van der Waals surface area contributed by atoms with E-state index in [1.807, 2.05) is 26.0 Å². The van der Waals surface area contributed by atoms with E-state index in [4.69, 9.17) is 0 Å². The van der Waals surface area contributed by atoms with Crippen LogP contribution in [0.1, 0.15) is 29.5 Å². The molecule has 0 radical (unpaired) electrons. The van der Waals surface area contributed by atoms with Gasteiger partial charge < -0.3 is 20.4 Å². The lowest BCUT2D eigenvalue weighted by molar-refractivity contribution is 0.0948. The number of nitrogens with one attached hydrogen (secondary N) is 2. The third-order valence-electron chi connectivity index (χ3n) is 4.61. The minimum atomic E-state index is -0.171. The summed E-state index contributed by atoms with van der Waals surface area (Å²) >= 11 is 0. The molecule has 1 fully saturated rings. The van der Waals surface area contributed by atoms with Gasteiger partial charge in [0.05, 0.1) is 0 Å². The molecular weight excluding hydrogens is 340 g/mol. The van der Waals surface area contributed by atoms with Crippen molar-refractivity contribution in [2.45, 2.75) is 20.3 Å². The summed E-state index contributed by atoms with van der Waals surface area (Å²) < 4.78 is 0. The van der Waals surface area contributed by atoms with Crippen LogP contribution in [0.5, 0.6) is 0 Å². The van der Waals surface area contributed by atoms with Gasteiger partial charge in [0.1, 0.15) is 5.69 Å². The first kappa shape index (κ1) is 19.1. The summed E-state index contributed by atoms with van der Waals surface area (Å²) in [7, 11) is 2.16. The number of amides is 1. The SMILES string of the molecule is CCCNC(=O)c1cc(C)nc(Nc2ccc(N3CCN(C)CC3)cc2)n1. The Balaban J connectivity index is 1.68. The maximum Gasteiger partial charge on any atom is 0.270 e. The number of rotatable bonds is 6. The van der Waals surface area contributed by atoms with E-state index in [2.05, 4.69) is 49.6 Å². The van der Waals surface area contributed by atoms with E-state index in [1.165, 1.54) is 5.69 Å². The molecule has 1 aliphatic heterocycles. The second-order valence-electron chi connectivity index (χ2n) is 6.94. The number of hydrogen-bond acceptors (Lipinski definition) is 6. The second kappa shape index (κ2) is 8.81. The smallest absolute Gasteiger partial charge is 0.270 e. The van der Waals surface area contributed by atoms with Gasteiger partial charge >= 0.3 is 0 Å². The Kier molecular flexibility index (Phi) is 6.24. The fourth-order valence-corrected chi connectivity index (χ4v) is 3.02. The van der Waals surface area contributed by atoms with Crippen molar-refractivity contribution in [3.8, 4) is 0 Å². The van der Waals surface area contributed by atoms with Crippen molar-refractivity contribution in [1.29, 1.82) is 0 Å². The maximum atomic E-state index is 12.2. The molecule has 0 atom stereocenters. The fraction of sp³-hybridized carbons (Fsp3) is 0.450. The van der Waals surface area contributed by atoms with E-state index in [-0.39, 0.29) is 5.91 Å². The summed E-state index contributed by atoms with van der Waals surface area (Å²) in [4.78, 5) is 25.6. The van der Waals surface area contributed by atoms with Gasteiger partial charge in [0, 0.05) is 49.8 Å². The lowest BCUT2D eigenvalue weighted by Crippen LogP contribution is -2.44. The van der Waals surface area contributed by atoms with E-state index < -0.39 is 0 Å². The summed E-state index contributed by atoms with van der Waals surface area (Å²) in [5.41, 5.74) is 3.26. The zero-order valence-electron chi connectivity index (χ0n) is 16.3.